The van der Waals surface area contributed by atoms with Crippen molar-refractivity contribution in [3.63, 3.8) is 0 Å². The maximum atomic E-state index is 12.4. The lowest BCUT2D eigenvalue weighted by molar-refractivity contribution is 1.28. The van der Waals surface area contributed by atoms with Gasteiger partial charge in [-0.05, 0) is 23.8 Å². The zero-order valence-corrected chi connectivity index (χ0v) is 12.6. The van der Waals surface area contributed by atoms with Crippen LogP contribution in [-0.4, -0.2) is 9.97 Å². The highest BCUT2D eigenvalue weighted by Gasteiger charge is 2.17. The van der Waals surface area contributed by atoms with Crippen LogP contribution in [-0.2, 0) is 0 Å². The van der Waals surface area contributed by atoms with Gasteiger partial charge in [0.15, 0.2) is 0 Å². The summed E-state index contributed by atoms with van der Waals surface area (Å²) in [5.41, 5.74) is 3.36. The number of pyridine rings is 1. The van der Waals surface area contributed by atoms with Gasteiger partial charge in [-0.25, -0.2) is 0 Å². The lowest BCUT2D eigenvalue weighted by Gasteiger charge is -2.05. The van der Waals surface area contributed by atoms with E-state index in [-0.39, 0.29) is 5.56 Å². The molecule has 2 N–H and O–H groups in total. The van der Waals surface area contributed by atoms with E-state index in [9.17, 15) is 10.1 Å². The summed E-state index contributed by atoms with van der Waals surface area (Å²) in [6, 6.07) is 16.9. The molecule has 0 aliphatic carbocycles. The van der Waals surface area contributed by atoms with Gasteiger partial charge in [0.25, 0.3) is 5.56 Å². The first-order chi connectivity index (χ1) is 11.2. The topological polar surface area (TPSA) is 72.4 Å². The first-order valence-corrected chi connectivity index (χ1v) is 7.39. The second-order valence-electron chi connectivity index (χ2n) is 5.25. The van der Waals surface area contributed by atoms with Crippen LogP contribution >= 0.6 is 11.6 Å². The number of fused-ring (bicyclic) bond motifs is 3. The second-order valence-corrected chi connectivity index (χ2v) is 5.68. The Morgan fingerprint density at radius 1 is 1.00 bits per heavy atom. The van der Waals surface area contributed by atoms with Gasteiger partial charge in [-0.3, -0.25) is 4.79 Å². The van der Waals surface area contributed by atoms with Gasteiger partial charge in [0, 0.05) is 21.5 Å². The number of nitrogens with zero attached hydrogens (tertiary/aromatic N) is 1. The Bertz CT molecular complexity index is 1150. The summed E-state index contributed by atoms with van der Waals surface area (Å²) in [4.78, 5) is 18.5. The van der Waals surface area contributed by atoms with Gasteiger partial charge in [0.2, 0.25) is 0 Å². The van der Waals surface area contributed by atoms with Crippen LogP contribution in [0.3, 0.4) is 0 Å². The van der Waals surface area contributed by atoms with E-state index < -0.39 is 5.56 Å². The largest absolute Gasteiger partial charge is 0.353 e. The zero-order valence-electron chi connectivity index (χ0n) is 11.9. The number of nitrogens with one attached hydrogen (secondary N) is 2. The summed E-state index contributed by atoms with van der Waals surface area (Å²) >= 11 is 6.07. The molecular weight excluding hydrogens is 310 g/mol. The number of hydrogen-bond donors (Lipinski definition) is 2. The van der Waals surface area contributed by atoms with E-state index in [4.69, 9.17) is 11.6 Å². The molecule has 0 fully saturated rings. The van der Waals surface area contributed by atoms with Crippen molar-refractivity contribution in [3.05, 3.63) is 69.5 Å². The molecule has 0 bridgehead atoms. The Hall–Kier alpha value is -3.03. The molecule has 0 aliphatic rings. The monoisotopic (exact) mass is 319 g/mol. The number of hydrogen-bond acceptors (Lipinski definition) is 2. The average Bonchev–Trinajstić information content (AvgIpc) is 2.92. The molecule has 4 aromatic rings. The Morgan fingerprint density at radius 3 is 2.52 bits per heavy atom. The number of benzene rings is 2. The molecule has 23 heavy (non-hydrogen) atoms. The second kappa shape index (κ2) is 5.01. The maximum Gasteiger partial charge on any atom is 0.267 e. The lowest BCUT2D eigenvalue weighted by Crippen LogP contribution is -2.11. The van der Waals surface area contributed by atoms with Gasteiger partial charge in [-0.1, -0.05) is 41.9 Å². The molecule has 2 heterocycles. The van der Waals surface area contributed by atoms with Gasteiger partial charge in [-0.2, -0.15) is 5.26 Å². The molecule has 0 saturated heterocycles. The van der Waals surface area contributed by atoms with Crippen LogP contribution in [0.2, 0.25) is 5.02 Å². The third kappa shape index (κ3) is 2.02. The highest BCUT2D eigenvalue weighted by Crippen LogP contribution is 2.33. The van der Waals surface area contributed by atoms with Gasteiger partial charge >= 0.3 is 0 Å². The van der Waals surface area contributed by atoms with Gasteiger partial charge in [0.1, 0.15) is 11.6 Å². The normalized spacial score (nSPS) is 11.0. The molecule has 0 saturated carbocycles. The van der Waals surface area contributed by atoms with E-state index in [0.29, 0.717) is 16.1 Å². The number of nitriles is 1. The molecule has 2 aromatic carbocycles. The molecular formula is C18H10ClN3O. The van der Waals surface area contributed by atoms with Crippen LogP contribution in [0.5, 0.6) is 0 Å². The van der Waals surface area contributed by atoms with Crippen LogP contribution in [0.15, 0.2) is 53.3 Å². The van der Waals surface area contributed by atoms with Crippen LogP contribution < -0.4 is 5.56 Å². The van der Waals surface area contributed by atoms with Crippen molar-refractivity contribution in [2.45, 2.75) is 0 Å². The molecule has 4 rings (SSSR count). The summed E-state index contributed by atoms with van der Waals surface area (Å²) in [5, 5.41) is 10.8. The summed E-state index contributed by atoms with van der Waals surface area (Å²) in [6.07, 6.45) is 0. The predicted molar refractivity (Wildman–Crippen MR) is 91.6 cm³/mol. The van der Waals surface area contributed by atoms with Gasteiger partial charge < -0.3 is 9.97 Å². The minimum absolute atomic E-state index is 0.0985. The van der Waals surface area contributed by atoms with Crippen molar-refractivity contribution in [1.82, 2.24) is 9.97 Å². The van der Waals surface area contributed by atoms with Crippen molar-refractivity contribution in [1.29, 1.82) is 5.26 Å². The fourth-order valence-electron chi connectivity index (χ4n) is 2.90. The van der Waals surface area contributed by atoms with E-state index in [1.54, 1.807) is 12.1 Å². The molecule has 2 aromatic heterocycles. The molecule has 5 heteroatoms. The number of aromatic nitrogens is 2. The highest BCUT2D eigenvalue weighted by molar-refractivity contribution is 6.31. The molecule has 110 valence electrons. The first-order valence-electron chi connectivity index (χ1n) is 7.02. The molecule has 0 unspecified atom stereocenters. The molecule has 0 radical (unpaired) electrons. The van der Waals surface area contributed by atoms with E-state index in [1.165, 1.54) is 0 Å². The van der Waals surface area contributed by atoms with Crippen molar-refractivity contribution < 1.29 is 0 Å². The Morgan fingerprint density at radius 2 is 1.78 bits per heavy atom. The minimum atomic E-state index is -0.403. The lowest BCUT2D eigenvalue weighted by atomic mass is 10.00. The van der Waals surface area contributed by atoms with E-state index >= 15 is 0 Å². The fourth-order valence-corrected chi connectivity index (χ4v) is 3.07. The summed E-state index contributed by atoms with van der Waals surface area (Å²) in [5.74, 6) is 0. The van der Waals surface area contributed by atoms with Crippen molar-refractivity contribution in [3.8, 4) is 17.2 Å². The number of aromatic amines is 2. The van der Waals surface area contributed by atoms with Crippen molar-refractivity contribution in [2.75, 3.05) is 0 Å². The smallest absolute Gasteiger partial charge is 0.267 e. The summed E-state index contributed by atoms with van der Waals surface area (Å²) in [6.45, 7) is 0. The van der Waals surface area contributed by atoms with Gasteiger partial charge in [-0.15, -0.1) is 0 Å². The maximum absolute atomic E-state index is 12.4. The molecule has 4 nitrogen and oxygen atoms in total. The first kappa shape index (κ1) is 13.6. The number of rotatable bonds is 1. The Kier molecular flexibility index (Phi) is 2.97. The fraction of sp³-hybridized carbons (Fsp3) is 0. The SMILES string of the molecule is N#Cc1c(-c2ccccc2)c2[nH]c3ccc(Cl)cc3c2[nH]c1=O. The average molecular weight is 320 g/mol. The van der Waals surface area contributed by atoms with E-state index in [0.717, 1.165) is 22.0 Å². The molecule has 0 amide bonds. The Balaban J connectivity index is 2.25. The van der Waals surface area contributed by atoms with E-state index in [1.807, 2.05) is 42.5 Å². The Labute approximate surface area is 136 Å². The summed E-state index contributed by atoms with van der Waals surface area (Å²) in [7, 11) is 0. The number of H-pyrrole nitrogens is 2. The van der Waals surface area contributed by atoms with Crippen LogP contribution in [0, 0.1) is 11.3 Å². The molecule has 0 atom stereocenters. The van der Waals surface area contributed by atoms with Crippen molar-refractivity contribution >= 4 is 33.5 Å². The minimum Gasteiger partial charge on any atom is -0.353 e. The van der Waals surface area contributed by atoms with Gasteiger partial charge in [0.05, 0.1) is 11.0 Å². The standard InChI is InChI=1S/C18H10ClN3O/c19-11-6-7-14-12(8-11)16-17(21-14)15(10-4-2-1-3-5-10)13(9-20)18(23)22-16/h1-8,21H,(H,22,23). The third-order valence-corrected chi connectivity index (χ3v) is 4.14. The summed E-state index contributed by atoms with van der Waals surface area (Å²) < 4.78 is 0. The van der Waals surface area contributed by atoms with Crippen LogP contribution in [0.1, 0.15) is 5.56 Å². The van der Waals surface area contributed by atoms with E-state index in [2.05, 4.69) is 9.97 Å². The molecule has 0 spiro atoms. The molecule has 0 aliphatic heterocycles. The third-order valence-electron chi connectivity index (χ3n) is 3.90. The van der Waals surface area contributed by atoms with Crippen LogP contribution in [0.4, 0.5) is 0 Å². The van der Waals surface area contributed by atoms with Crippen molar-refractivity contribution in [2.24, 2.45) is 0 Å². The highest BCUT2D eigenvalue weighted by atomic mass is 35.5. The zero-order chi connectivity index (χ0) is 16.0. The van der Waals surface area contributed by atoms with Crippen LogP contribution in [0.25, 0.3) is 33.1 Å². The quantitative estimate of drug-likeness (QED) is 0.552. The number of halogens is 1. The predicted octanol–water partition coefficient (Wildman–Crippen LogP) is 4.20.